The number of halogens is 1. The summed E-state index contributed by atoms with van der Waals surface area (Å²) in [6, 6.07) is 25.1. The molecule has 1 aliphatic heterocycles. The van der Waals surface area contributed by atoms with Crippen LogP contribution in [-0.4, -0.2) is 38.7 Å². The molecule has 182 valence electrons. The lowest BCUT2D eigenvalue weighted by atomic mass is 9.86. The Morgan fingerprint density at radius 3 is 2.57 bits per heavy atom. The van der Waals surface area contributed by atoms with E-state index in [9.17, 15) is 9.18 Å². The Morgan fingerprint density at radius 1 is 1.00 bits per heavy atom. The Hall–Kier alpha value is -4.32. The van der Waals surface area contributed by atoms with E-state index in [0.717, 1.165) is 23.1 Å². The van der Waals surface area contributed by atoms with Crippen LogP contribution in [0.3, 0.4) is 0 Å². The standard InChI is InChI=1S/C31H25FN4O/c1-20-14-28-23(17-34-36(28)25-11-9-24(32)10-12-25)15-26(20)31-19-35(30(37)22-8-5-13-33-16-22)18-27(31)29(31)21-6-3-2-4-7-21/h2-17,27,29H,18-19H2,1H3. The number of aryl methyl sites for hydroxylation is 1. The molecule has 3 unspecified atom stereocenters. The number of fused-ring (bicyclic) bond motifs is 2. The fourth-order valence-electron chi connectivity index (χ4n) is 6.56. The molecule has 2 aromatic heterocycles. The van der Waals surface area contributed by atoms with Crippen molar-refractivity contribution >= 4 is 16.8 Å². The molecule has 0 spiro atoms. The second-order valence-electron chi connectivity index (χ2n) is 10.2. The van der Waals surface area contributed by atoms with Crippen LogP contribution in [0.5, 0.6) is 0 Å². The number of nitrogens with zero attached hydrogens (tertiary/aromatic N) is 4. The van der Waals surface area contributed by atoms with Gasteiger partial charge in [-0.05, 0) is 78.1 Å². The van der Waals surface area contributed by atoms with Crippen LogP contribution in [0.1, 0.15) is 33.0 Å². The quantitative estimate of drug-likeness (QED) is 0.327. The minimum absolute atomic E-state index is 0.0364. The minimum Gasteiger partial charge on any atom is -0.337 e. The maximum Gasteiger partial charge on any atom is 0.255 e. The van der Waals surface area contributed by atoms with Crippen molar-refractivity contribution < 1.29 is 9.18 Å². The number of pyridine rings is 1. The molecule has 37 heavy (non-hydrogen) atoms. The maximum atomic E-state index is 13.5. The third-order valence-electron chi connectivity index (χ3n) is 8.22. The third-order valence-corrected chi connectivity index (χ3v) is 8.22. The lowest BCUT2D eigenvalue weighted by molar-refractivity contribution is 0.0768. The fourth-order valence-corrected chi connectivity index (χ4v) is 6.56. The van der Waals surface area contributed by atoms with E-state index in [4.69, 9.17) is 0 Å². The molecule has 5 aromatic rings. The van der Waals surface area contributed by atoms with E-state index in [2.05, 4.69) is 53.4 Å². The molecule has 3 heterocycles. The van der Waals surface area contributed by atoms with Crippen LogP contribution in [0, 0.1) is 18.7 Å². The Bertz CT molecular complexity index is 1630. The Balaban J connectivity index is 1.31. The molecule has 1 aliphatic carbocycles. The molecule has 3 atom stereocenters. The summed E-state index contributed by atoms with van der Waals surface area (Å²) in [7, 11) is 0. The van der Waals surface area contributed by atoms with Crippen LogP contribution < -0.4 is 0 Å². The summed E-state index contributed by atoms with van der Waals surface area (Å²) in [5.41, 5.74) is 6.07. The van der Waals surface area contributed by atoms with Gasteiger partial charge in [0.05, 0.1) is 23.0 Å². The highest BCUT2D eigenvalue weighted by Gasteiger charge is 2.70. The van der Waals surface area contributed by atoms with Crippen molar-refractivity contribution in [1.82, 2.24) is 19.7 Å². The number of amides is 1. The normalized spacial score (nSPS) is 22.3. The molecule has 0 radical (unpaired) electrons. The number of hydrogen-bond acceptors (Lipinski definition) is 3. The Kier molecular flexibility index (Phi) is 4.80. The fraction of sp³-hybridized carbons (Fsp3) is 0.194. The number of likely N-dealkylation sites (tertiary alicyclic amines) is 1. The van der Waals surface area contributed by atoms with Crippen LogP contribution >= 0.6 is 0 Å². The molecule has 1 amide bonds. The number of hydrogen-bond donors (Lipinski definition) is 0. The summed E-state index contributed by atoms with van der Waals surface area (Å²) in [5, 5.41) is 5.66. The number of aromatic nitrogens is 3. The Morgan fingerprint density at radius 2 is 1.81 bits per heavy atom. The molecule has 0 N–H and O–H groups in total. The second kappa shape index (κ2) is 8.10. The van der Waals surface area contributed by atoms with E-state index in [1.165, 1.54) is 28.8 Å². The third kappa shape index (κ3) is 3.32. The highest BCUT2D eigenvalue weighted by molar-refractivity contribution is 5.94. The van der Waals surface area contributed by atoms with Gasteiger partial charge in [0.2, 0.25) is 0 Å². The van der Waals surface area contributed by atoms with Gasteiger partial charge in [-0.25, -0.2) is 9.07 Å². The second-order valence-corrected chi connectivity index (χ2v) is 10.2. The number of carbonyl (C=O) groups excluding carboxylic acids is 1. The average Bonchev–Trinajstić information content (AvgIpc) is 3.19. The smallest absolute Gasteiger partial charge is 0.255 e. The largest absolute Gasteiger partial charge is 0.337 e. The van der Waals surface area contributed by atoms with Crippen molar-refractivity contribution in [2.75, 3.05) is 13.1 Å². The average molecular weight is 489 g/mol. The van der Waals surface area contributed by atoms with Crippen LogP contribution in [0.4, 0.5) is 4.39 Å². The van der Waals surface area contributed by atoms with Crippen molar-refractivity contribution in [1.29, 1.82) is 0 Å². The van der Waals surface area contributed by atoms with Gasteiger partial charge in [-0.15, -0.1) is 0 Å². The highest BCUT2D eigenvalue weighted by Crippen LogP contribution is 2.69. The van der Waals surface area contributed by atoms with E-state index in [1.54, 1.807) is 24.5 Å². The summed E-state index contributed by atoms with van der Waals surface area (Å²) in [6.07, 6.45) is 5.21. The first-order valence-corrected chi connectivity index (χ1v) is 12.6. The van der Waals surface area contributed by atoms with Crippen molar-refractivity contribution in [3.8, 4) is 5.69 Å². The van der Waals surface area contributed by atoms with Crippen LogP contribution in [0.25, 0.3) is 16.6 Å². The summed E-state index contributed by atoms with van der Waals surface area (Å²) >= 11 is 0. The number of carbonyl (C=O) groups is 1. The van der Waals surface area contributed by atoms with Gasteiger partial charge in [-0.2, -0.15) is 5.10 Å². The molecule has 1 saturated heterocycles. The molecule has 1 saturated carbocycles. The lowest BCUT2D eigenvalue weighted by Gasteiger charge is -2.26. The zero-order valence-electron chi connectivity index (χ0n) is 20.4. The summed E-state index contributed by atoms with van der Waals surface area (Å²) in [5.74, 6) is 0.472. The van der Waals surface area contributed by atoms with Crippen molar-refractivity contribution in [2.24, 2.45) is 5.92 Å². The van der Waals surface area contributed by atoms with Gasteiger partial charge in [0, 0.05) is 42.2 Å². The molecule has 3 aromatic carbocycles. The molecule has 2 aliphatic rings. The van der Waals surface area contributed by atoms with E-state index >= 15 is 0 Å². The first-order valence-electron chi connectivity index (χ1n) is 12.6. The van der Waals surface area contributed by atoms with Gasteiger partial charge in [-0.3, -0.25) is 9.78 Å². The summed E-state index contributed by atoms with van der Waals surface area (Å²) in [6.45, 7) is 3.54. The van der Waals surface area contributed by atoms with E-state index in [1.807, 2.05) is 34.0 Å². The van der Waals surface area contributed by atoms with Crippen molar-refractivity contribution in [3.63, 3.8) is 0 Å². The lowest BCUT2D eigenvalue weighted by Crippen LogP contribution is -2.34. The predicted molar refractivity (Wildman–Crippen MR) is 140 cm³/mol. The van der Waals surface area contributed by atoms with Crippen LogP contribution in [0.15, 0.2) is 97.5 Å². The maximum absolute atomic E-state index is 13.5. The molecule has 0 bridgehead atoms. The van der Waals surface area contributed by atoms with Gasteiger partial charge in [0.15, 0.2) is 0 Å². The van der Waals surface area contributed by atoms with Gasteiger partial charge >= 0.3 is 0 Å². The molecule has 7 rings (SSSR count). The number of rotatable bonds is 4. The SMILES string of the molecule is Cc1cc2c(cnn2-c2ccc(F)cc2)cc1C12CN(C(=O)c3cccnc3)CC1C2c1ccccc1. The zero-order chi connectivity index (χ0) is 25.1. The van der Waals surface area contributed by atoms with Crippen LogP contribution in [0.2, 0.25) is 0 Å². The molecular weight excluding hydrogens is 463 g/mol. The van der Waals surface area contributed by atoms with E-state index < -0.39 is 0 Å². The predicted octanol–water partition coefficient (Wildman–Crippen LogP) is 5.68. The van der Waals surface area contributed by atoms with E-state index in [-0.39, 0.29) is 17.1 Å². The van der Waals surface area contributed by atoms with Crippen molar-refractivity contribution in [2.45, 2.75) is 18.3 Å². The first-order chi connectivity index (χ1) is 18.1. The number of benzene rings is 3. The first kappa shape index (κ1) is 21.9. The Labute approximate surface area is 214 Å². The molecule has 5 nitrogen and oxygen atoms in total. The van der Waals surface area contributed by atoms with Gasteiger partial charge in [-0.1, -0.05) is 30.3 Å². The number of piperidine rings is 1. The molecule has 6 heteroatoms. The minimum atomic E-state index is -0.267. The van der Waals surface area contributed by atoms with Gasteiger partial charge in [0.25, 0.3) is 5.91 Å². The van der Waals surface area contributed by atoms with Crippen molar-refractivity contribution in [3.05, 3.63) is 126 Å². The molecule has 2 fully saturated rings. The zero-order valence-corrected chi connectivity index (χ0v) is 20.4. The molecular formula is C31H25FN4O. The highest BCUT2D eigenvalue weighted by atomic mass is 19.1. The van der Waals surface area contributed by atoms with Crippen LogP contribution in [-0.2, 0) is 5.41 Å². The van der Waals surface area contributed by atoms with Gasteiger partial charge in [0.1, 0.15) is 5.82 Å². The monoisotopic (exact) mass is 488 g/mol. The summed E-state index contributed by atoms with van der Waals surface area (Å²) < 4.78 is 15.3. The van der Waals surface area contributed by atoms with E-state index in [0.29, 0.717) is 23.9 Å². The topological polar surface area (TPSA) is 51.0 Å². The summed E-state index contributed by atoms with van der Waals surface area (Å²) in [4.78, 5) is 19.5. The van der Waals surface area contributed by atoms with Gasteiger partial charge < -0.3 is 4.90 Å².